The average Bonchev–Trinajstić information content (AvgIpc) is 2.77. The van der Waals surface area contributed by atoms with Crippen LogP contribution in [-0.2, 0) is 4.79 Å². The third-order valence-corrected chi connectivity index (χ3v) is 5.19. The third-order valence-electron chi connectivity index (χ3n) is 5.19. The summed E-state index contributed by atoms with van der Waals surface area (Å²) in [5, 5.41) is 0. The molecule has 0 unspecified atom stereocenters. The highest BCUT2D eigenvalue weighted by Crippen LogP contribution is 2.19. The second kappa shape index (κ2) is 9.69. The molecule has 7 nitrogen and oxygen atoms in total. The number of aryl methyl sites for hydroxylation is 1. The summed E-state index contributed by atoms with van der Waals surface area (Å²) < 4.78 is 5.62. The lowest BCUT2D eigenvalue weighted by molar-refractivity contribution is -0.133. The van der Waals surface area contributed by atoms with Gasteiger partial charge in [0.1, 0.15) is 17.4 Å². The number of aromatic nitrogens is 2. The maximum Gasteiger partial charge on any atom is 0.260 e. The van der Waals surface area contributed by atoms with E-state index in [2.05, 4.69) is 23.7 Å². The first-order valence-corrected chi connectivity index (χ1v) is 10.5. The molecule has 0 radical (unpaired) electrons. The number of anilines is 1. The number of carbonyl (C=O) groups excluding carboxylic acids is 2. The Morgan fingerprint density at radius 3 is 2.33 bits per heavy atom. The summed E-state index contributed by atoms with van der Waals surface area (Å²) in [6.45, 7) is 10.7. The van der Waals surface area contributed by atoms with E-state index in [1.807, 2.05) is 24.8 Å². The summed E-state index contributed by atoms with van der Waals surface area (Å²) in [6.07, 6.45) is 0.470. The van der Waals surface area contributed by atoms with E-state index in [9.17, 15) is 9.59 Å². The van der Waals surface area contributed by atoms with Gasteiger partial charge in [0.25, 0.3) is 5.91 Å². The van der Waals surface area contributed by atoms with Gasteiger partial charge in [-0.25, -0.2) is 9.97 Å². The van der Waals surface area contributed by atoms with Crippen LogP contribution in [0.25, 0.3) is 0 Å². The van der Waals surface area contributed by atoms with Gasteiger partial charge >= 0.3 is 0 Å². The van der Waals surface area contributed by atoms with Crippen LogP contribution in [0.5, 0.6) is 5.75 Å². The minimum absolute atomic E-state index is 0.00875. The number of hydrogen-bond donors (Lipinski definition) is 0. The zero-order valence-corrected chi connectivity index (χ0v) is 18.2. The number of piperazine rings is 1. The van der Waals surface area contributed by atoms with Crippen LogP contribution in [0.1, 0.15) is 55.0 Å². The molecule has 2 aromatic rings. The summed E-state index contributed by atoms with van der Waals surface area (Å²) >= 11 is 0. The van der Waals surface area contributed by atoms with Crippen molar-refractivity contribution in [2.24, 2.45) is 0 Å². The van der Waals surface area contributed by atoms with Gasteiger partial charge in [-0.1, -0.05) is 20.8 Å². The van der Waals surface area contributed by atoms with Crippen LogP contribution >= 0.6 is 0 Å². The van der Waals surface area contributed by atoms with Gasteiger partial charge in [0.2, 0.25) is 0 Å². The van der Waals surface area contributed by atoms with Crippen molar-refractivity contribution in [3.05, 3.63) is 47.4 Å². The molecule has 0 bridgehead atoms. The lowest BCUT2D eigenvalue weighted by Crippen LogP contribution is -2.50. The van der Waals surface area contributed by atoms with Crippen molar-refractivity contribution in [1.29, 1.82) is 0 Å². The Morgan fingerprint density at radius 2 is 1.73 bits per heavy atom. The van der Waals surface area contributed by atoms with Crippen molar-refractivity contribution >= 4 is 17.5 Å². The fraction of sp³-hybridized carbons (Fsp3) is 0.478. The standard InChI is InChI=1S/C23H30N4O3/c1-5-20(28)18-6-8-19(9-7-18)30-15-22(29)27-12-10-26(11-13-27)21-14-17(4)24-23(25-21)16(2)3/h6-9,14,16H,5,10-13,15H2,1-4H3. The quantitative estimate of drug-likeness (QED) is 0.653. The molecule has 7 heteroatoms. The molecule has 0 aliphatic carbocycles. The van der Waals surface area contributed by atoms with Crippen LogP contribution in [0, 0.1) is 6.92 Å². The number of amides is 1. The van der Waals surface area contributed by atoms with Crippen molar-refractivity contribution in [3.63, 3.8) is 0 Å². The van der Waals surface area contributed by atoms with E-state index in [0.29, 0.717) is 30.8 Å². The van der Waals surface area contributed by atoms with Gasteiger partial charge in [-0.3, -0.25) is 9.59 Å². The molecule has 1 aliphatic rings. The maximum absolute atomic E-state index is 12.5. The molecule has 0 atom stereocenters. The van der Waals surface area contributed by atoms with Crippen LogP contribution in [0.3, 0.4) is 0 Å². The first-order valence-electron chi connectivity index (χ1n) is 10.5. The minimum atomic E-state index is -0.0369. The highest BCUT2D eigenvalue weighted by atomic mass is 16.5. The molecule has 30 heavy (non-hydrogen) atoms. The number of nitrogens with zero attached hydrogens (tertiary/aromatic N) is 4. The van der Waals surface area contributed by atoms with E-state index in [0.717, 1.165) is 30.4 Å². The third kappa shape index (κ3) is 5.34. The van der Waals surface area contributed by atoms with Gasteiger partial charge in [0.05, 0.1) is 0 Å². The summed E-state index contributed by atoms with van der Waals surface area (Å²) in [5.74, 6) is 2.70. The molecule has 0 saturated carbocycles. The number of ketones is 1. The summed E-state index contributed by atoms with van der Waals surface area (Å²) in [7, 11) is 0. The Hall–Kier alpha value is -2.96. The first kappa shape index (κ1) is 21.7. The molecule has 1 aromatic heterocycles. The first-order chi connectivity index (χ1) is 14.4. The topological polar surface area (TPSA) is 75.6 Å². The lowest BCUT2D eigenvalue weighted by Gasteiger charge is -2.35. The minimum Gasteiger partial charge on any atom is -0.484 e. The Balaban J connectivity index is 1.51. The van der Waals surface area contributed by atoms with Crippen molar-refractivity contribution in [2.45, 2.75) is 40.0 Å². The van der Waals surface area contributed by atoms with E-state index in [4.69, 9.17) is 9.72 Å². The van der Waals surface area contributed by atoms with Crippen molar-refractivity contribution in [1.82, 2.24) is 14.9 Å². The smallest absolute Gasteiger partial charge is 0.260 e. The van der Waals surface area contributed by atoms with Gasteiger partial charge < -0.3 is 14.5 Å². The molecule has 160 valence electrons. The second-order valence-corrected chi connectivity index (χ2v) is 7.84. The van der Waals surface area contributed by atoms with E-state index in [-0.39, 0.29) is 24.2 Å². The Bertz CT molecular complexity index is 888. The lowest BCUT2D eigenvalue weighted by atomic mass is 10.1. The van der Waals surface area contributed by atoms with Crippen LogP contribution in [0.15, 0.2) is 30.3 Å². The summed E-state index contributed by atoms with van der Waals surface area (Å²) in [4.78, 5) is 37.4. The van der Waals surface area contributed by atoms with E-state index >= 15 is 0 Å². The van der Waals surface area contributed by atoms with E-state index in [1.54, 1.807) is 24.3 Å². The Labute approximate surface area is 178 Å². The van der Waals surface area contributed by atoms with E-state index < -0.39 is 0 Å². The molecule has 1 aromatic carbocycles. The molecule has 0 N–H and O–H groups in total. The predicted molar refractivity (Wildman–Crippen MR) is 116 cm³/mol. The molecule has 3 rings (SSSR count). The van der Waals surface area contributed by atoms with Crippen molar-refractivity contribution in [2.75, 3.05) is 37.7 Å². The second-order valence-electron chi connectivity index (χ2n) is 7.84. The molecule has 1 saturated heterocycles. The molecular weight excluding hydrogens is 380 g/mol. The molecular formula is C23H30N4O3. The number of benzene rings is 1. The fourth-order valence-corrected chi connectivity index (χ4v) is 3.36. The monoisotopic (exact) mass is 410 g/mol. The zero-order valence-electron chi connectivity index (χ0n) is 18.2. The number of ether oxygens (including phenoxy) is 1. The Morgan fingerprint density at radius 1 is 1.07 bits per heavy atom. The van der Waals surface area contributed by atoms with Gasteiger partial charge in [-0.2, -0.15) is 0 Å². The number of Topliss-reactive ketones (excluding diaryl/α,β-unsaturated/α-hetero) is 1. The van der Waals surface area contributed by atoms with Gasteiger partial charge in [0, 0.05) is 55.8 Å². The normalized spacial score (nSPS) is 14.2. The van der Waals surface area contributed by atoms with Gasteiger partial charge in [-0.15, -0.1) is 0 Å². The predicted octanol–water partition coefficient (Wildman–Crippen LogP) is 3.23. The fourth-order valence-electron chi connectivity index (χ4n) is 3.36. The SMILES string of the molecule is CCC(=O)c1ccc(OCC(=O)N2CCN(c3cc(C)nc(C(C)C)n3)CC2)cc1. The molecule has 1 amide bonds. The highest BCUT2D eigenvalue weighted by Gasteiger charge is 2.23. The maximum atomic E-state index is 12.5. The van der Waals surface area contributed by atoms with Crippen LogP contribution < -0.4 is 9.64 Å². The number of carbonyl (C=O) groups is 2. The van der Waals surface area contributed by atoms with Crippen LogP contribution in [-0.4, -0.2) is 59.3 Å². The molecule has 2 heterocycles. The van der Waals surface area contributed by atoms with Crippen molar-refractivity contribution in [3.8, 4) is 5.75 Å². The number of hydrogen-bond acceptors (Lipinski definition) is 6. The summed E-state index contributed by atoms with van der Waals surface area (Å²) in [5.41, 5.74) is 1.62. The van der Waals surface area contributed by atoms with Crippen LogP contribution in [0.4, 0.5) is 5.82 Å². The van der Waals surface area contributed by atoms with Crippen molar-refractivity contribution < 1.29 is 14.3 Å². The molecule has 0 spiro atoms. The summed E-state index contributed by atoms with van der Waals surface area (Å²) in [6, 6.07) is 8.94. The van der Waals surface area contributed by atoms with Gasteiger partial charge in [0.15, 0.2) is 12.4 Å². The molecule has 1 aliphatic heterocycles. The van der Waals surface area contributed by atoms with Crippen LogP contribution in [0.2, 0.25) is 0 Å². The van der Waals surface area contributed by atoms with E-state index in [1.165, 1.54) is 0 Å². The Kier molecular flexibility index (Phi) is 7.03. The largest absolute Gasteiger partial charge is 0.484 e. The number of rotatable bonds is 7. The molecule has 1 fully saturated rings. The highest BCUT2D eigenvalue weighted by molar-refractivity contribution is 5.95. The average molecular weight is 411 g/mol. The van der Waals surface area contributed by atoms with Gasteiger partial charge in [-0.05, 0) is 31.2 Å². The zero-order chi connectivity index (χ0) is 21.7.